The van der Waals surface area contributed by atoms with Gasteiger partial charge in [-0.3, -0.25) is 0 Å². The molecule has 0 aliphatic rings. The number of rotatable bonds is 4. The molecule has 1 nitrogen and oxygen atoms in total. The topological polar surface area (TPSA) is 12.0 Å². The lowest BCUT2D eigenvalue weighted by Crippen LogP contribution is -2.19. The van der Waals surface area contributed by atoms with Gasteiger partial charge in [0.15, 0.2) is 0 Å². The molecule has 0 aromatic heterocycles. The number of nitrogens with one attached hydrogen (secondary N) is 1. The lowest BCUT2D eigenvalue weighted by Gasteiger charge is -2.18. The first-order chi connectivity index (χ1) is 9.11. The first-order valence-corrected chi connectivity index (χ1v) is 7.45. The van der Waals surface area contributed by atoms with Crippen molar-refractivity contribution in [2.45, 2.75) is 19.4 Å². The van der Waals surface area contributed by atoms with Gasteiger partial charge in [-0.05, 0) is 49.2 Å². The maximum absolute atomic E-state index is 6.23. The predicted octanol–water partition coefficient (Wildman–Crippen LogP) is 4.91. The minimum absolute atomic E-state index is 0.270. The van der Waals surface area contributed by atoms with E-state index >= 15 is 0 Å². The molecule has 0 saturated heterocycles. The highest BCUT2D eigenvalue weighted by molar-refractivity contribution is 9.10. The summed E-state index contributed by atoms with van der Waals surface area (Å²) in [5.41, 5.74) is 3.70. The minimum Gasteiger partial charge on any atom is -0.313 e. The van der Waals surface area contributed by atoms with Crippen molar-refractivity contribution in [2.75, 3.05) is 7.05 Å². The summed E-state index contributed by atoms with van der Waals surface area (Å²) in [5, 5.41) is 4.20. The summed E-state index contributed by atoms with van der Waals surface area (Å²) < 4.78 is 1.14. The number of benzene rings is 2. The smallest absolute Gasteiger partial charge is 0.0438 e. The lowest BCUT2D eigenvalue weighted by atomic mass is 9.98. The van der Waals surface area contributed by atoms with Crippen molar-refractivity contribution >= 4 is 27.5 Å². The summed E-state index contributed by atoms with van der Waals surface area (Å²) in [4.78, 5) is 0. The Balaban J connectivity index is 2.25. The molecule has 2 rings (SSSR count). The lowest BCUT2D eigenvalue weighted by molar-refractivity contribution is 0.591. The van der Waals surface area contributed by atoms with Crippen molar-refractivity contribution in [1.29, 1.82) is 0 Å². The molecular formula is C16H17BrClN. The summed E-state index contributed by atoms with van der Waals surface area (Å²) in [6.45, 7) is 2.11. The van der Waals surface area contributed by atoms with Gasteiger partial charge in [-0.1, -0.05) is 57.9 Å². The molecule has 0 fully saturated rings. The van der Waals surface area contributed by atoms with Gasteiger partial charge >= 0.3 is 0 Å². The molecule has 0 heterocycles. The fourth-order valence-corrected chi connectivity index (χ4v) is 2.61. The molecule has 2 aromatic rings. The van der Waals surface area contributed by atoms with Crippen LogP contribution in [-0.2, 0) is 6.42 Å². The maximum atomic E-state index is 6.23. The Morgan fingerprint density at radius 2 is 1.95 bits per heavy atom. The summed E-state index contributed by atoms with van der Waals surface area (Å²) in [7, 11) is 1.99. The second kappa shape index (κ2) is 6.56. The molecule has 0 spiro atoms. The van der Waals surface area contributed by atoms with Crippen LogP contribution in [0.4, 0.5) is 0 Å². The first kappa shape index (κ1) is 14.6. The zero-order valence-electron chi connectivity index (χ0n) is 11.1. The fourth-order valence-electron chi connectivity index (χ4n) is 2.16. The Morgan fingerprint density at radius 3 is 2.58 bits per heavy atom. The van der Waals surface area contributed by atoms with Crippen molar-refractivity contribution in [1.82, 2.24) is 5.32 Å². The minimum atomic E-state index is 0.270. The van der Waals surface area contributed by atoms with Gasteiger partial charge in [-0.15, -0.1) is 0 Å². The van der Waals surface area contributed by atoms with E-state index in [9.17, 15) is 0 Å². The van der Waals surface area contributed by atoms with E-state index in [-0.39, 0.29) is 6.04 Å². The van der Waals surface area contributed by atoms with Crippen LogP contribution in [0.15, 0.2) is 46.9 Å². The highest BCUT2D eigenvalue weighted by Gasteiger charge is 2.12. The number of likely N-dealkylation sites (N-methyl/N-ethyl adjacent to an activating group) is 1. The largest absolute Gasteiger partial charge is 0.313 e. The number of aryl methyl sites for hydroxylation is 1. The van der Waals surface area contributed by atoms with Crippen LogP contribution in [-0.4, -0.2) is 7.05 Å². The van der Waals surface area contributed by atoms with E-state index in [1.807, 2.05) is 25.2 Å². The third-order valence-electron chi connectivity index (χ3n) is 3.31. The number of hydrogen-bond acceptors (Lipinski definition) is 1. The van der Waals surface area contributed by atoms with E-state index in [0.29, 0.717) is 0 Å². The van der Waals surface area contributed by atoms with Crippen LogP contribution in [0.2, 0.25) is 5.02 Å². The van der Waals surface area contributed by atoms with Crippen LogP contribution < -0.4 is 5.32 Å². The SMILES string of the molecule is CNC(Cc1ccccc1Cl)c1ccc(Br)c(C)c1. The molecule has 100 valence electrons. The number of halogens is 2. The van der Waals surface area contributed by atoms with Crippen molar-refractivity contribution in [3.8, 4) is 0 Å². The summed E-state index contributed by atoms with van der Waals surface area (Å²) in [5.74, 6) is 0. The molecule has 0 aliphatic heterocycles. The molecule has 0 aliphatic carbocycles. The second-order valence-electron chi connectivity index (χ2n) is 4.65. The van der Waals surface area contributed by atoms with Crippen LogP contribution in [0, 0.1) is 6.92 Å². The predicted molar refractivity (Wildman–Crippen MR) is 85.8 cm³/mol. The summed E-state index contributed by atoms with van der Waals surface area (Å²) in [6.07, 6.45) is 0.886. The number of hydrogen-bond donors (Lipinski definition) is 1. The fraction of sp³-hybridized carbons (Fsp3) is 0.250. The standard InChI is InChI=1S/C16H17BrClN/c1-11-9-13(7-8-14(11)17)16(19-2)10-12-5-3-4-6-15(12)18/h3-9,16,19H,10H2,1-2H3. The van der Waals surface area contributed by atoms with E-state index in [1.165, 1.54) is 16.7 Å². The van der Waals surface area contributed by atoms with Gasteiger partial charge in [-0.2, -0.15) is 0 Å². The second-order valence-corrected chi connectivity index (χ2v) is 5.91. The highest BCUT2D eigenvalue weighted by Crippen LogP contribution is 2.26. The van der Waals surface area contributed by atoms with Crippen LogP contribution in [0.1, 0.15) is 22.7 Å². The van der Waals surface area contributed by atoms with Gasteiger partial charge in [0.05, 0.1) is 0 Å². The maximum Gasteiger partial charge on any atom is 0.0438 e. The Labute approximate surface area is 128 Å². The first-order valence-electron chi connectivity index (χ1n) is 6.28. The Morgan fingerprint density at radius 1 is 1.21 bits per heavy atom. The van der Waals surface area contributed by atoms with E-state index in [2.05, 4.69) is 52.4 Å². The molecule has 0 amide bonds. The van der Waals surface area contributed by atoms with E-state index < -0.39 is 0 Å². The van der Waals surface area contributed by atoms with Gasteiger partial charge in [0, 0.05) is 15.5 Å². The molecule has 19 heavy (non-hydrogen) atoms. The van der Waals surface area contributed by atoms with Crippen LogP contribution >= 0.6 is 27.5 Å². The van der Waals surface area contributed by atoms with Crippen molar-refractivity contribution in [2.24, 2.45) is 0 Å². The van der Waals surface area contributed by atoms with Crippen LogP contribution in [0.5, 0.6) is 0 Å². The van der Waals surface area contributed by atoms with E-state index in [4.69, 9.17) is 11.6 Å². The highest BCUT2D eigenvalue weighted by atomic mass is 79.9. The van der Waals surface area contributed by atoms with Crippen molar-refractivity contribution in [3.63, 3.8) is 0 Å². The molecule has 0 radical (unpaired) electrons. The molecule has 2 aromatic carbocycles. The van der Waals surface area contributed by atoms with Crippen LogP contribution in [0.3, 0.4) is 0 Å². The molecule has 0 saturated carbocycles. The quantitative estimate of drug-likeness (QED) is 0.835. The van der Waals surface area contributed by atoms with E-state index in [0.717, 1.165) is 15.9 Å². The van der Waals surface area contributed by atoms with Gasteiger partial charge < -0.3 is 5.32 Å². The zero-order valence-corrected chi connectivity index (χ0v) is 13.4. The average molecular weight is 339 g/mol. The van der Waals surface area contributed by atoms with Gasteiger partial charge in [0.2, 0.25) is 0 Å². The Kier molecular flexibility index (Phi) is 5.03. The molecular weight excluding hydrogens is 322 g/mol. The molecule has 1 N–H and O–H groups in total. The molecule has 3 heteroatoms. The van der Waals surface area contributed by atoms with Crippen molar-refractivity contribution < 1.29 is 0 Å². The summed E-state index contributed by atoms with van der Waals surface area (Å²) >= 11 is 9.77. The monoisotopic (exact) mass is 337 g/mol. The molecule has 1 atom stereocenters. The molecule has 1 unspecified atom stereocenters. The average Bonchev–Trinajstić information content (AvgIpc) is 2.41. The Hall–Kier alpha value is -0.830. The van der Waals surface area contributed by atoms with Gasteiger partial charge in [0.25, 0.3) is 0 Å². The third-order valence-corrected chi connectivity index (χ3v) is 4.57. The normalized spacial score (nSPS) is 12.4. The van der Waals surface area contributed by atoms with Crippen molar-refractivity contribution in [3.05, 3.63) is 68.7 Å². The Bertz CT molecular complexity index is 568. The summed E-state index contributed by atoms with van der Waals surface area (Å²) in [6, 6.07) is 14.7. The molecule has 0 bridgehead atoms. The van der Waals surface area contributed by atoms with E-state index in [1.54, 1.807) is 0 Å². The van der Waals surface area contributed by atoms with Gasteiger partial charge in [0.1, 0.15) is 0 Å². The third kappa shape index (κ3) is 3.59. The van der Waals surface area contributed by atoms with Crippen LogP contribution in [0.25, 0.3) is 0 Å². The zero-order chi connectivity index (χ0) is 13.8. The van der Waals surface area contributed by atoms with Gasteiger partial charge in [-0.25, -0.2) is 0 Å².